The lowest BCUT2D eigenvalue weighted by Crippen LogP contribution is -2.17. The van der Waals surface area contributed by atoms with Gasteiger partial charge in [0.25, 0.3) is 0 Å². The Kier molecular flexibility index (Phi) is 5.06. The molecular weight excluding hydrogens is 228 g/mol. The fourth-order valence-corrected chi connectivity index (χ4v) is 1.35. The monoisotopic (exact) mass is 244 g/mol. The molecule has 0 amide bonds. The Bertz CT molecular complexity index is 501. The van der Waals surface area contributed by atoms with Crippen LogP contribution in [-0.2, 0) is 9.53 Å². The zero-order chi connectivity index (χ0) is 13.5. The zero-order valence-corrected chi connectivity index (χ0v) is 10.8. The van der Waals surface area contributed by atoms with Crippen LogP contribution in [0.2, 0.25) is 0 Å². The molecule has 0 saturated carbocycles. The largest absolute Gasteiger partial charge is 0.465 e. The van der Waals surface area contributed by atoms with Gasteiger partial charge in [0.05, 0.1) is 18.4 Å². The van der Waals surface area contributed by atoms with Crippen molar-refractivity contribution in [3.05, 3.63) is 29.3 Å². The van der Waals surface area contributed by atoms with E-state index in [0.717, 1.165) is 11.3 Å². The second-order valence-electron chi connectivity index (χ2n) is 3.91. The SMILES string of the molecule is CCOC(=O)C(C#N)C=Nc1ccc(C)c(C)c1. The van der Waals surface area contributed by atoms with E-state index in [1.165, 1.54) is 11.8 Å². The average molecular weight is 244 g/mol. The lowest BCUT2D eigenvalue weighted by atomic mass is 10.1. The van der Waals surface area contributed by atoms with Crippen LogP contribution in [-0.4, -0.2) is 18.8 Å². The molecule has 18 heavy (non-hydrogen) atoms. The fourth-order valence-electron chi connectivity index (χ4n) is 1.35. The molecule has 0 fully saturated rings. The van der Waals surface area contributed by atoms with Crippen LogP contribution >= 0.6 is 0 Å². The van der Waals surface area contributed by atoms with Gasteiger partial charge in [-0.1, -0.05) is 6.07 Å². The van der Waals surface area contributed by atoms with Crippen LogP contribution in [0.3, 0.4) is 0 Å². The van der Waals surface area contributed by atoms with Gasteiger partial charge < -0.3 is 4.74 Å². The second kappa shape index (κ2) is 6.55. The molecule has 0 saturated heterocycles. The van der Waals surface area contributed by atoms with Crippen molar-refractivity contribution in [3.63, 3.8) is 0 Å². The van der Waals surface area contributed by atoms with Gasteiger partial charge in [-0.25, -0.2) is 0 Å². The van der Waals surface area contributed by atoms with Gasteiger partial charge in [0.2, 0.25) is 0 Å². The number of ether oxygens (including phenoxy) is 1. The molecular formula is C14H16N2O2. The highest BCUT2D eigenvalue weighted by atomic mass is 16.5. The summed E-state index contributed by atoms with van der Waals surface area (Å²) in [5, 5.41) is 8.86. The number of rotatable bonds is 4. The topological polar surface area (TPSA) is 62.5 Å². The summed E-state index contributed by atoms with van der Waals surface area (Å²) in [6, 6.07) is 7.56. The van der Waals surface area contributed by atoms with Crippen molar-refractivity contribution in [1.82, 2.24) is 0 Å². The van der Waals surface area contributed by atoms with Crippen LogP contribution in [0.1, 0.15) is 18.1 Å². The summed E-state index contributed by atoms with van der Waals surface area (Å²) in [4.78, 5) is 15.5. The standard InChI is InChI=1S/C14H16N2O2/c1-4-18-14(17)12(8-15)9-16-13-6-5-10(2)11(3)7-13/h5-7,9,12H,4H2,1-3H3. The van der Waals surface area contributed by atoms with Gasteiger partial charge in [0, 0.05) is 6.21 Å². The molecule has 94 valence electrons. The van der Waals surface area contributed by atoms with Gasteiger partial charge in [0.15, 0.2) is 5.92 Å². The molecule has 0 spiro atoms. The van der Waals surface area contributed by atoms with Crippen LogP contribution in [0.4, 0.5) is 5.69 Å². The lowest BCUT2D eigenvalue weighted by Gasteiger charge is -2.03. The van der Waals surface area contributed by atoms with E-state index < -0.39 is 11.9 Å². The summed E-state index contributed by atoms with van der Waals surface area (Å²) in [5.41, 5.74) is 3.02. The molecule has 1 unspecified atom stereocenters. The number of hydrogen-bond acceptors (Lipinski definition) is 4. The molecule has 0 N–H and O–H groups in total. The Morgan fingerprint density at radius 1 is 1.50 bits per heavy atom. The van der Waals surface area contributed by atoms with E-state index >= 15 is 0 Å². The van der Waals surface area contributed by atoms with E-state index in [2.05, 4.69) is 4.99 Å². The Hall–Kier alpha value is -2.15. The first-order valence-corrected chi connectivity index (χ1v) is 5.76. The van der Waals surface area contributed by atoms with Gasteiger partial charge in [-0.3, -0.25) is 9.79 Å². The van der Waals surface area contributed by atoms with Gasteiger partial charge in [-0.05, 0) is 44.0 Å². The number of nitrogens with zero attached hydrogens (tertiary/aromatic N) is 2. The second-order valence-corrected chi connectivity index (χ2v) is 3.91. The van der Waals surface area contributed by atoms with Crippen molar-refractivity contribution < 1.29 is 9.53 Å². The van der Waals surface area contributed by atoms with E-state index in [9.17, 15) is 4.79 Å². The van der Waals surface area contributed by atoms with E-state index in [1.54, 1.807) is 6.92 Å². The molecule has 1 atom stereocenters. The molecule has 0 aliphatic rings. The molecule has 1 aromatic rings. The van der Waals surface area contributed by atoms with Crippen molar-refractivity contribution in [1.29, 1.82) is 5.26 Å². The summed E-state index contributed by atoms with van der Waals surface area (Å²) in [7, 11) is 0. The first-order valence-electron chi connectivity index (χ1n) is 5.76. The Labute approximate surface area is 107 Å². The van der Waals surface area contributed by atoms with Crippen LogP contribution in [0.15, 0.2) is 23.2 Å². The molecule has 0 bridgehead atoms. The maximum absolute atomic E-state index is 11.4. The van der Waals surface area contributed by atoms with Gasteiger partial charge in [-0.2, -0.15) is 5.26 Å². The average Bonchev–Trinajstić information content (AvgIpc) is 2.34. The van der Waals surface area contributed by atoms with E-state index in [1.807, 2.05) is 38.1 Å². The molecule has 0 heterocycles. The highest BCUT2D eigenvalue weighted by molar-refractivity contribution is 5.93. The molecule has 0 aromatic heterocycles. The molecule has 4 heteroatoms. The van der Waals surface area contributed by atoms with Crippen molar-refractivity contribution in [2.75, 3.05) is 6.61 Å². The fraction of sp³-hybridized carbons (Fsp3) is 0.357. The minimum Gasteiger partial charge on any atom is -0.465 e. The number of aryl methyl sites for hydroxylation is 2. The van der Waals surface area contributed by atoms with Crippen LogP contribution in [0.5, 0.6) is 0 Å². The van der Waals surface area contributed by atoms with Crippen molar-refractivity contribution in [2.24, 2.45) is 10.9 Å². The summed E-state index contributed by atoms with van der Waals surface area (Å²) < 4.78 is 4.77. The highest BCUT2D eigenvalue weighted by Crippen LogP contribution is 2.17. The third-order valence-electron chi connectivity index (χ3n) is 2.54. The first-order chi connectivity index (χ1) is 8.58. The first kappa shape index (κ1) is 13.9. The van der Waals surface area contributed by atoms with E-state index in [0.29, 0.717) is 0 Å². The van der Waals surface area contributed by atoms with Crippen LogP contribution in [0, 0.1) is 31.1 Å². The highest BCUT2D eigenvalue weighted by Gasteiger charge is 2.16. The van der Waals surface area contributed by atoms with Crippen LogP contribution < -0.4 is 0 Å². The third-order valence-corrected chi connectivity index (χ3v) is 2.54. The third kappa shape index (κ3) is 3.70. The molecule has 0 aliphatic carbocycles. The molecule has 4 nitrogen and oxygen atoms in total. The van der Waals surface area contributed by atoms with Gasteiger partial charge in [0.1, 0.15) is 0 Å². The Morgan fingerprint density at radius 2 is 2.22 bits per heavy atom. The maximum Gasteiger partial charge on any atom is 0.328 e. The number of hydrogen-bond donors (Lipinski definition) is 0. The van der Waals surface area contributed by atoms with Gasteiger partial charge >= 0.3 is 5.97 Å². The van der Waals surface area contributed by atoms with Crippen LogP contribution in [0.25, 0.3) is 0 Å². The lowest BCUT2D eigenvalue weighted by molar-refractivity contribution is -0.143. The minimum atomic E-state index is -0.952. The van der Waals surface area contributed by atoms with Crippen molar-refractivity contribution in [3.8, 4) is 6.07 Å². The van der Waals surface area contributed by atoms with E-state index in [-0.39, 0.29) is 6.61 Å². The summed E-state index contributed by atoms with van der Waals surface area (Å²) in [6.45, 7) is 5.96. The normalized spacial score (nSPS) is 12.1. The number of aliphatic imine (C=N–C) groups is 1. The Morgan fingerprint density at radius 3 is 2.78 bits per heavy atom. The van der Waals surface area contributed by atoms with Crippen molar-refractivity contribution >= 4 is 17.9 Å². The van der Waals surface area contributed by atoms with E-state index in [4.69, 9.17) is 10.00 Å². The van der Waals surface area contributed by atoms with Gasteiger partial charge in [-0.15, -0.1) is 0 Å². The summed E-state index contributed by atoms with van der Waals surface area (Å²) in [6.07, 6.45) is 1.32. The number of carbonyl (C=O) groups is 1. The molecule has 0 radical (unpaired) electrons. The molecule has 1 aromatic carbocycles. The zero-order valence-electron chi connectivity index (χ0n) is 10.8. The summed E-state index contributed by atoms with van der Waals surface area (Å²) >= 11 is 0. The predicted octanol–water partition coefficient (Wildman–Crippen LogP) is 2.71. The maximum atomic E-state index is 11.4. The van der Waals surface area contributed by atoms with Crippen molar-refractivity contribution in [2.45, 2.75) is 20.8 Å². The summed E-state index contributed by atoms with van der Waals surface area (Å²) in [5.74, 6) is -1.51. The predicted molar refractivity (Wildman–Crippen MR) is 69.8 cm³/mol. The number of esters is 1. The number of benzene rings is 1. The molecule has 0 aliphatic heterocycles. The quantitative estimate of drug-likeness (QED) is 0.604. The minimum absolute atomic E-state index is 0.258. The Balaban J connectivity index is 2.81. The number of carbonyl (C=O) groups excluding carboxylic acids is 1. The number of nitriles is 1. The smallest absolute Gasteiger partial charge is 0.328 e. The molecule has 1 rings (SSSR count).